The maximum absolute atomic E-state index is 5.36. The third kappa shape index (κ3) is 4.96. The van der Waals surface area contributed by atoms with Crippen molar-refractivity contribution in [3.63, 3.8) is 0 Å². The van der Waals surface area contributed by atoms with Gasteiger partial charge in [0.15, 0.2) is 5.96 Å². The molecule has 0 amide bonds. The molecule has 24 heavy (non-hydrogen) atoms. The van der Waals surface area contributed by atoms with Crippen LogP contribution in [0.15, 0.2) is 34.1 Å². The molecule has 2 aromatic rings. The lowest BCUT2D eigenvalue weighted by atomic mass is 9.96. The first-order chi connectivity index (χ1) is 11.4. The largest absolute Gasteiger partial charge is 0.469 e. The predicted octanol–water partition coefficient (Wildman–Crippen LogP) is 2.40. The predicted molar refractivity (Wildman–Crippen MR) is 104 cm³/mol. The molecule has 0 radical (unpaired) electrons. The van der Waals surface area contributed by atoms with Crippen molar-refractivity contribution in [2.45, 2.75) is 32.1 Å². The zero-order valence-corrected chi connectivity index (χ0v) is 16.3. The van der Waals surface area contributed by atoms with Crippen molar-refractivity contribution in [1.82, 2.24) is 25.4 Å². The van der Waals surface area contributed by atoms with Gasteiger partial charge in [0.25, 0.3) is 0 Å². The van der Waals surface area contributed by atoms with E-state index in [1.54, 1.807) is 12.6 Å². The molecule has 0 unspecified atom stereocenters. The first-order valence-electron chi connectivity index (χ1n) is 8.27. The minimum Gasteiger partial charge on any atom is -0.469 e. The summed E-state index contributed by atoms with van der Waals surface area (Å²) in [6.07, 6.45) is 6.26. The fourth-order valence-electron chi connectivity index (χ4n) is 2.93. The summed E-state index contributed by atoms with van der Waals surface area (Å²) in [4.78, 5) is 11.4. The quantitative estimate of drug-likeness (QED) is 0.421. The Kier molecular flexibility index (Phi) is 7.54. The molecule has 1 fully saturated rings. The molecule has 1 aliphatic heterocycles. The van der Waals surface area contributed by atoms with E-state index in [0.717, 1.165) is 63.0 Å². The summed E-state index contributed by atoms with van der Waals surface area (Å²) < 4.78 is 5.36. The van der Waals surface area contributed by atoms with Crippen LogP contribution < -0.4 is 5.32 Å². The molecule has 0 spiro atoms. The van der Waals surface area contributed by atoms with Crippen molar-refractivity contribution in [3.8, 4) is 0 Å². The topological polar surface area (TPSA) is 82.3 Å². The highest BCUT2D eigenvalue weighted by Crippen LogP contribution is 2.24. The van der Waals surface area contributed by atoms with Crippen LogP contribution in [0.2, 0.25) is 0 Å². The Balaban J connectivity index is 0.00000208. The van der Waals surface area contributed by atoms with Gasteiger partial charge in [-0.3, -0.25) is 10.1 Å². The molecule has 1 saturated heterocycles. The van der Waals surface area contributed by atoms with Gasteiger partial charge < -0.3 is 14.6 Å². The fourth-order valence-corrected chi connectivity index (χ4v) is 2.93. The molecule has 2 N–H and O–H groups in total. The second-order valence-corrected chi connectivity index (χ2v) is 5.70. The van der Waals surface area contributed by atoms with Crippen LogP contribution in [0.3, 0.4) is 0 Å². The molecule has 0 aromatic carbocycles. The molecular weight excluding hydrogens is 419 g/mol. The number of piperidine rings is 1. The summed E-state index contributed by atoms with van der Waals surface area (Å²) in [5, 5.41) is 10.3. The van der Waals surface area contributed by atoms with E-state index >= 15 is 0 Å². The number of aromatic nitrogens is 3. The van der Waals surface area contributed by atoms with E-state index in [-0.39, 0.29) is 24.0 Å². The van der Waals surface area contributed by atoms with E-state index in [9.17, 15) is 0 Å². The van der Waals surface area contributed by atoms with Gasteiger partial charge in [-0.05, 0) is 31.9 Å². The summed E-state index contributed by atoms with van der Waals surface area (Å²) in [5.41, 5.74) is 0. The summed E-state index contributed by atoms with van der Waals surface area (Å²) in [6, 6.07) is 3.91. The van der Waals surface area contributed by atoms with Gasteiger partial charge in [-0.2, -0.15) is 5.10 Å². The Bertz CT molecular complexity index is 590. The maximum atomic E-state index is 5.36. The fraction of sp³-hybridized carbons (Fsp3) is 0.562. The standard InChI is InChI=1S/C16H24N6O.HI/c1-2-17-16(18-8-5-14-4-3-11-23-14)22-9-6-13(7-10-22)15-19-12-20-21-15;/h3-4,11-13H,2,5-10H2,1H3,(H,17,18)(H,19,20,21);1H. The molecule has 2 aromatic heterocycles. The van der Waals surface area contributed by atoms with Gasteiger partial charge in [-0.25, -0.2) is 4.98 Å². The van der Waals surface area contributed by atoms with Crippen LogP contribution >= 0.6 is 24.0 Å². The Morgan fingerprint density at radius 1 is 1.46 bits per heavy atom. The number of hydrogen-bond donors (Lipinski definition) is 2. The molecule has 0 atom stereocenters. The number of aromatic amines is 1. The highest BCUT2D eigenvalue weighted by molar-refractivity contribution is 14.0. The van der Waals surface area contributed by atoms with E-state index in [0.29, 0.717) is 5.92 Å². The van der Waals surface area contributed by atoms with Gasteiger partial charge >= 0.3 is 0 Å². The number of aliphatic imine (C=N–C) groups is 1. The molecule has 1 aliphatic rings. The van der Waals surface area contributed by atoms with Gasteiger partial charge in [-0.1, -0.05) is 0 Å². The first-order valence-corrected chi connectivity index (χ1v) is 8.27. The number of guanidine groups is 1. The Labute approximate surface area is 159 Å². The van der Waals surface area contributed by atoms with Gasteiger partial charge in [0.1, 0.15) is 17.9 Å². The van der Waals surface area contributed by atoms with Gasteiger partial charge in [0.2, 0.25) is 0 Å². The van der Waals surface area contributed by atoms with Crippen LogP contribution in [0, 0.1) is 0 Å². The van der Waals surface area contributed by atoms with Crippen molar-refractivity contribution in [2.24, 2.45) is 4.99 Å². The zero-order chi connectivity index (χ0) is 15.9. The van der Waals surface area contributed by atoms with Crippen LogP contribution in [0.4, 0.5) is 0 Å². The lowest BCUT2D eigenvalue weighted by Gasteiger charge is -2.33. The zero-order valence-electron chi connectivity index (χ0n) is 13.9. The Morgan fingerprint density at radius 3 is 2.92 bits per heavy atom. The van der Waals surface area contributed by atoms with Gasteiger partial charge in [0, 0.05) is 38.5 Å². The second kappa shape index (κ2) is 9.65. The molecule has 7 nitrogen and oxygen atoms in total. The summed E-state index contributed by atoms with van der Waals surface area (Å²) in [7, 11) is 0. The summed E-state index contributed by atoms with van der Waals surface area (Å²) >= 11 is 0. The summed E-state index contributed by atoms with van der Waals surface area (Å²) in [5.74, 6) is 3.45. The highest BCUT2D eigenvalue weighted by atomic mass is 127. The number of rotatable bonds is 5. The van der Waals surface area contributed by atoms with Crippen LogP contribution in [0.25, 0.3) is 0 Å². The SMILES string of the molecule is CCNC(=NCCc1ccco1)N1CCC(c2ncn[nH]2)CC1.I. The number of furan rings is 1. The molecule has 8 heteroatoms. The molecule has 3 rings (SSSR count). The number of hydrogen-bond acceptors (Lipinski definition) is 4. The smallest absolute Gasteiger partial charge is 0.193 e. The van der Waals surface area contributed by atoms with Crippen LogP contribution in [-0.2, 0) is 6.42 Å². The van der Waals surface area contributed by atoms with Crippen LogP contribution in [0.1, 0.15) is 37.3 Å². The van der Waals surface area contributed by atoms with E-state index in [2.05, 4.69) is 32.3 Å². The normalized spacial score (nSPS) is 16.0. The van der Waals surface area contributed by atoms with E-state index < -0.39 is 0 Å². The molecule has 132 valence electrons. The lowest BCUT2D eigenvalue weighted by Crippen LogP contribution is -2.45. The van der Waals surface area contributed by atoms with Crippen LogP contribution in [0.5, 0.6) is 0 Å². The summed E-state index contributed by atoms with van der Waals surface area (Å²) in [6.45, 7) is 5.68. The molecule has 0 bridgehead atoms. The number of nitrogens with one attached hydrogen (secondary N) is 2. The van der Waals surface area contributed by atoms with Crippen molar-refractivity contribution in [1.29, 1.82) is 0 Å². The monoisotopic (exact) mass is 444 g/mol. The molecule has 3 heterocycles. The third-order valence-electron chi connectivity index (χ3n) is 4.15. The maximum Gasteiger partial charge on any atom is 0.193 e. The van der Waals surface area contributed by atoms with Crippen molar-refractivity contribution >= 4 is 29.9 Å². The number of halogens is 1. The minimum atomic E-state index is 0. The minimum absolute atomic E-state index is 0. The Morgan fingerprint density at radius 2 is 2.29 bits per heavy atom. The van der Waals surface area contributed by atoms with E-state index in [1.807, 2.05) is 12.1 Å². The van der Waals surface area contributed by atoms with E-state index in [4.69, 9.17) is 9.41 Å². The average Bonchev–Trinajstić information content (AvgIpc) is 3.28. The van der Waals surface area contributed by atoms with Crippen LogP contribution in [-0.4, -0.2) is 52.2 Å². The van der Waals surface area contributed by atoms with Gasteiger partial charge in [0.05, 0.1) is 6.26 Å². The third-order valence-corrected chi connectivity index (χ3v) is 4.15. The Hall–Kier alpha value is -1.58. The number of H-pyrrole nitrogens is 1. The van der Waals surface area contributed by atoms with Crippen molar-refractivity contribution in [3.05, 3.63) is 36.3 Å². The second-order valence-electron chi connectivity index (χ2n) is 5.70. The first kappa shape index (κ1) is 18.8. The lowest BCUT2D eigenvalue weighted by molar-refractivity contribution is 0.299. The van der Waals surface area contributed by atoms with Gasteiger partial charge in [-0.15, -0.1) is 24.0 Å². The average molecular weight is 444 g/mol. The highest BCUT2D eigenvalue weighted by Gasteiger charge is 2.24. The van der Waals surface area contributed by atoms with E-state index in [1.165, 1.54) is 0 Å². The number of likely N-dealkylation sites (tertiary alicyclic amines) is 1. The van der Waals surface area contributed by atoms with Crippen molar-refractivity contribution in [2.75, 3.05) is 26.2 Å². The molecule has 0 aliphatic carbocycles. The van der Waals surface area contributed by atoms with Crippen molar-refractivity contribution < 1.29 is 4.42 Å². The number of nitrogens with zero attached hydrogens (tertiary/aromatic N) is 4. The molecular formula is C16H25IN6O. The molecule has 0 saturated carbocycles.